The maximum absolute atomic E-state index is 8.93. The van der Waals surface area contributed by atoms with Crippen LogP contribution in [0.15, 0.2) is 0 Å². The molecule has 3 N–H and O–H groups in total. The van der Waals surface area contributed by atoms with Crippen molar-refractivity contribution in [2.45, 2.75) is 6.92 Å². The van der Waals surface area contributed by atoms with Crippen LogP contribution in [0.5, 0.6) is 0 Å². The lowest BCUT2D eigenvalue weighted by atomic mass is 10.9. The van der Waals surface area contributed by atoms with Crippen LogP contribution >= 0.6 is 16.8 Å². The highest BCUT2D eigenvalue weighted by atomic mass is 31.2. The maximum atomic E-state index is 8.93. The Morgan fingerprint density at radius 2 is 1.80 bits per heavy atom. The Balaban J connectivity index is 3.12. The monoisotopic (exact) mass is 186 g/mol. The van der Waals surface area contributed by atoms with Crippen LogP contribution in [0.2, 0.25) is 0 Å². The zero-order chi connectivity index (χ0) is 7.98. The van der Waals surface area contributed by atoms with Crippen molar-refractivity contribution in [2.75, 3.05) is 18.9 Å². The van der Waals surface area contributed by atoms with Gasteiger partial charge in [-0.2, -0.15) is 0 Å². The van der Waals surface area contributed by atoms with E-state index in [-0.39, 0.29) is 6.16 Å². The van der Waals surface area contributed by atoms with E-state index in [2.05, 4.69) is 0 Å². The summed E-state index contributed by atoms with van der Waals surface area (Å²) < 4.78 is 4.80. The Morgan fingerprint density at radius 1 is 1.20 bits per heavy atom. The van der Waals surface area contributed by atoms with Crippen LogP contribution in [-0.4, -0.2) is 33.6 Å². The van der Waals surface area contributed by atoms with Gasteiger partial charge in [-0.25, -0.2) is 0 Å². The van der Waals surface area contributed by atoms with E-state index in [9.17, 15) is 0 Å². The van der Waals surface area contributed by atoms with E-state index in [1.54, 1.807) is 6.92 Å². The van der Waals surface area contributed by atoms with Gasteiger partial charge in [-0.15, -0.1) is 0 Å². The number of hydrogen-bond acceptors (Lipinski definition) is 4. The molecule has 0 amide bonds. The van der Waals surface area contributed by atoms with Gasteiger partial charge in [0.1, 0.15) is 0 Å². The summed E-state index contributed by atoms with van der Waals surface area (Å²) in [6.45, 7) is 2.25. The molecule has 0 aliphatic carbocycles. The first-order valence-corrected chi connectivity index (χ1v) is 5.74. The highest BCUT2D eigenvalue weighted by molar-refractivity contribution is 7.50. The predicted octanol–water partition coefficient (Wildman–Crippen LogP) is 0.624. The van der Waals surface area contributed by atoms with Crippen molar-refractivity contribution in [3.8, 4) is 0 Å². The third kappa shape index (κ3) is 6.81. The molecule has 0 aromatic carbocycles. The van der Waals surface area contributed by atoms with Crippen molar-refractivity contribution < 1.29 is 19.2 Å². The molecular weight excluding hydrogens is 174 g/mol. The van der Waals surface area contributed by atoms with Gasteiger partial charge in [0, 0.05) is 12.3 Å². The fraction of sp³-hybridized carbons (Fsp3) is 1.00. The topological polar surface area (TPSA) is 69.9 Å². The molecule has 0 rings (SSSR count). The van der Waals surface area contributed by atoms with E-state index in [1.807, 2.05) is 0 Å². The van der Waals surface area contributed by atoms with Gasteiger partial charge < -0.3 is 19.2 Å². The van der Waals surface area contributed by atoms with E-state index in [4.69, 9.17) is 19.2 Å². The van der Waals surface area contributed by atoms with E-state index < -0.39 is 16.8 Å². The minimum Gasteiger partial charge on any atom is -0.350 e. The largest absolute Gasteiger partial charge is 0.350 e. The molecule has 1 atom stereocenters. The van der Waals surface area contributed by atoms with Crippen molar-refractivity contribution in [1.29, 1.82) is 0 Å². The summed E-state index contributed by atoms with van der Waals surface area (Å²) in [6, 6.07) is 0. The lowest BCUT2D eigenvalue weighted by Crippen LogP contribution is -1.93. The number of hydrogen-bond donors (Lipinski definition) is 3. The lowest BCUT2D eigenvalue weighted by molar-refractivity contribution is 0.330. The third-order valence-electron chi connectivity index (χ3n) is 0.769. The Bertz CT molecular complexity index is 79.7. The minimum atomic E-state index is -1.87. The van der Waals surface area contributed by atoms with Gasteiger partial charge in [0.05, 0.1) is 6.61 Å². The molecule has 0 saturated heterocycles. The molecule has 0 aliphatic rings. The van der Waals surface area contributed by atoms with Crippen LogP contribution in [0.1, 0.15) is 6.92 Å². The molecule has 0 saturated carbocycles. The second kappa shape index (κ2) is 6.41. The minimum absolute atomic E-state index is 0.234. The molecule has 1 unspecified atom stereocenters. The molecule has 0 spiro atoms. The second-order valence-corrected chi connectivity index (χ2v) is 4.19. The Hall–Kier alpha value is 0.700. The molecule has 0 radical (unpaired) electrons. The zero-order valence-corrected chi connectivity index (χ0v) is 7.55. The molecule has 62 valence electrons. The lowest BCUT2D eigenvalue weighted by Gasteiger charge is -2.08. The van der Waals surface area contributed by atoms with Crippen LogP contribution in [0, 0.1) is 0 Å². The highest BCUT2D eigenvalue weighted by Gasteiger charge is 2.06. The second-order valence-electron chi connectivity index (χ2n) is 1.59. The van der Waals surface area contributed by atoms with Gasteiger partial charge in [0.2, 0.25) is 0 Å². The predicted molar refractivity (Wildman–Crippen MR) is 41.9 cm³/mol. The summed E-state index contributed by atoms with van der Waals surface area (Å²) in [5, 5.41) is 0. The summed E-state index contributed by atoms with van der Waals surface area (Å²) in [7, 11) is -3.28. The van der Waals surface area contributed by atoms with E-state index in [0.717, 1.165) is 0 Å². The first-order valence-electron chi connectivity index (χ1n) is 2.91. The molecule has 0 aromatic rings. The molecule has 0 aliphatic heterocycles. The smallest absolute Gasteiger partial charge is 0.168 e. The molecule has 0 bridgehead atoms. The van der Waals surface area contributed by atoms with Crippen LogP contribution in [0.4, 0.5) is 0 Å². The molecule has 0 aromatic heterocycles. The van der Waals surface area contributed by atoms with Gasteiger partial charge in [-0.1, -0.05) is 0 Å². The Morgan fingerprint density at radius 3 is 2.20 bits per heavy atom. The van der Waals surface area contributed by atoms with Crippen LogP contribution in [0.3, 0.4) is 0 Å². The standard InChI is InChI=1S/C4H12O4P2/c1-2-8-10(7)4-3-9(5)6/h5-7H,2-4H2,1H3. The first-order chi connectivity index (χ1) is 4.66. The summed E-state index contributed by atoms with van der Waals surface area (Å²) in [6.07, 6.45) is 0.583. The van der Waals surface area contributed by atoms with Gasteiger partial charge in [0.25, 0.3) is 0 Å². The van der Waals surface area contributed by atoms with Crippen LogP contribution in [-0.2, 0) is 4.52 Å². The number of rotatable bonds is 5. The molecule has 4 nitrogen and oxygen atoms in total. The average Bonchev–Trinajstić information content (AvgIpc) is 1.85. The van der Waals surface area contributed by atoms with Crippen LogP contribution in [0.25, 0.3) is 0 Å². The molecule has 0 fully saturated rings. The van der Waals surface area contributed by atoms with E-state index in [1.165, 1.54) is 0 Å². The summed E-state index contributed by atoms with van der Waals surface area (Å²) in [5.74, 6) is 0. The fourth-order valence-corrected chi connectivity index (χ4v) is 2.22. The summed E-state index contributed by atoms with van der Waals surface area (Å²) in [4.78, 5) is 25.8. The quantitative estimate of drug-likeness (QED) is 0.550. The molecule has 0 heterocycles. The van der Waals surface area contributed by atoms with Crippen molar-refractivity contribution >= 4 is 16.8 Å². The van der Waals surface area contributed by atoms with E-state index >= 15 is 0 Å². The van der Waals surface area contributed by atoms with Gasteiger partial charge >= 0.3 is 0 Å². The first kappa shape index (κ1) is 10.7. The zero-order valence-electron chi connectivity index (χ0n) is 5.77. The summed E-state index contributed by atoms with van der Waals surface area (Å²) in [5.41, 5.74) is 0. The highest BCUT2D eigenvalue weighted by Crippen LogP contribution is 2.35. The SMILES string of the molecule is CCOP(O)CCP(O)O. The van der Waals surface area contributed by atoms with Gasteiger partial charge in [0.15, 0.2) is 16.8 Å². The normalized spacial score (nSPS) is 14.1. The van der Waals surface area contributed by atoms with Crippen molar-refractivity contribution in [3.63, 3.8) is 0 Å². The summed E-state index contributed by atoms with van der Waals surface area (Å²) >= 11 is 0. The fourth-order valence-electron chi connectivity index (χ4n) is 0.389. The van der Waals surface area contributed by atoms with Crippen LogP contribution < -0.4 is 0 Å². The molecule has 10 heavy (non-hydrogen) atoms. The Labute approximate surface area is 62.7 Å². The maximum Gasteiger partial charge on any atom is 0.168 e. The van der Waals surface area contributed by atoms with Gasteiger partial charge in [-0.05, 0) is 6.92 Å². The third-order valence-corrected chi connectivity index (χ3v) is 2.91. The Kier molecular flexibility index (Phi) is 6.86. The van der Waals surface area contributed by atoms with Crippen molar-refractivity contribution in [3.05, 3.63) is 0 Å². The van der Waals surface area contributed by atoms with Crippen molar-refractivity contribution in [1.82, 2.24) is 0 Å². The van der Waals surface area contributed by atoms with E-state index in [0.29, 0.717) is 12.8 Å². The van der Waals surface area contributed by atoms with Crippen molar-refractivity contribution in [2.24, 2.45) is 0 Å². The molecular formula is C4H12O4P2. The average molecular weight is 186 g/mol. The van der Waals surface area contributed by atoms with Gasteiger partial charge in [-0.3, -0.25) is 0 Å². The molecule has 6 heteroatoms.